The highest BCUT2D eigenvalue weighted by Gasteiger charge is 2.56. The Kier molecular flexibility index (Phi) is 4.60. The van der Waals surface area contributed by atoms with Crippen LogP contribution < -0.4 is 0 Å². The molecule has 23 heavy (non-hydrogen) atoms. The lowest BCUT2D eigenvalue weighted by Crippen LogP contribution is -2.43. The van der Waals surface area contributed by atoms with Crippen molar-refractivity contribution in [3.8, 4) is 0 Å². The lowest BCUT2D eigenvalue weighted by atomic mass is 9.74. The number of halogens is 4. The number of hydrogen-bond donors (Lipinski definition) is 0. The molecule has 0 heterocycles. The van der Waals surface area contributed by atoms with Gasteiger partial charge in [0.05, 0.1) is 0 Å². The second-order valence-corrected chi connectivity index (χ2v) is 8.00. The molecule has 0 unspecified atom stereocenters. The van der Waals surface area contributed by atoms with Crippen molar-refractivity contribution < 1.29 is 17.6 Å². The van der Waals surface area contributed by atoms with Crippen molar-refractivity contribution in [2.45, 2.75) is 83.5 Å². The van der Waals surface area contributed by atoms with Gasteiger partial charge in [-0.2, -0.15) is 13.2 Å². The molecule has 130 valence electrons. The molecule has 1 aromatic rings. The fourth-order valence-corrected chi connectivity index (χ4v) is 3.59. The topological polar surface area (TPSA) is 0 Å². The predicted molar refractivity (Wildman–Crippen MR) is 85.7 cm³/mol. The third-order valence-electron chi connectivity index (χ3n) is 5.26. The van der Waals surface area contributed by atoms with E-state index in [1.807, 2.05) is 6.92 Å². The maximum atomic E-state index is 14.1. The Morgan fingerprint density at radius 3 is 1.96 bits per heavy atom. The van der Waals surface area contributed by atoms with Crippen molar-refractivity contribution >= 4 is 0 Å². The molecule has 0 radical (unpaired) electrons. The maximum absolute atomic E-state index is 14.1. The zero-order valence-electron chi connectivity index (χ0n) is 14.6. The van der Waals surface area contributed by atoms with Gasteiger partial charge >= 0.3 is 6.18 Å². The van der Waals surface area contributed by atoms with Crippen molar-refractivity contribution in [2.24, 2.45) is 0 Å². The molecule has 0 bridgehead atoms. The standard InChI is InChI=1S/C19H26F4/c1-12-10-15(11-16(13(12)2)17(3,4)5)14-6-8-18(20,9-7-14)19(21,22)23/h10-11,14H,6-9H2,1-5H3. The molecular formula is C19H26F4. The molecule has 0 spiro atoms. The highest BCUT2D eigenvalue weighted by molar-refractivity contribution is 5.42. The van der Waals surface area contributed by atoms with E-state index in [1.165, 1.54) is 11.1 Å². The summed E-state index contributed by atoms with van der Waals surface area (Å²) in [5, 5.41) is 0. The van der Waals surface area contributed by atoms with Gasteiger partial charge in [-0.05, 0) is 73.1 Å². The predicted octanol–water partition coefficient (Wildman–Crippen LogP) is 6.53. The van der Waals surface area contributed by atoms with E-state index >= 15 is 0 Å². The summed E-state index contributed by atoms with van der Waals surface area (Å²) in [6, 6.07) is 4.18. The minimum Gasteiger partial charge on any atom is -0.234 e. The van der Waals surface area contributed by atoms with Gasteiger partial charge in [-0.15, -0.1) is 0 Å². The Labute approximate surface area is 136 Å². The number of alkyl halides is 4. The van der Waals surface area contributed by atoms with Gasteiger partial charge in [0.2, 0.25) is 5.67 Å². The normalized spacial score (nSPS) is 26.4. The fourth-order valence-electron chi connectivity index (χ4n) is 3.59. The van der Waals surface area contributed by atoms with Crippen LogP contribution in [0.25, 0.3) is 0 Å². The van der Waals surface area contributed by atoms with Gasteiger partial charge in [-0.25, -0.2) is 4.39 Å². The van der Waals surface area contributed by atoms with Crippen LogP contribution in [-0.4, -0.2) is 11.8 Å². The Morgan fingerprint density at radius 1 is 1.00 bits per heavy atom. The van der Waals surface area contributed by atoms with E-state index in [4.69, 9.17) is 0 Å². The van der Waals surface area contributed by atoms with Crippen LogP contribution in [0.5, 0.6) is 0 Å². The number of rotatable bonds is 1. The van der Waals surface area contributed by atoms with Crippen molar-refractivity contribution in [2.75, 3.05) is 0 Å². The fraction of sp³-hybridized carbons (Fsp3) is 0.684. The van der Waals surface area contributed by atoms with Gasteiger partial charge in [-0.1, -0.05) is 32.9 Å². The summed E-state index contributed by atoms with van der Waals surface area (Å²) >= 11 is 0. The van der Waals surface area contributed by atoms with E-state index in [0.717, 1.165) is 11.1 Å². The average Bonchev–Trinajstić information content (AvgIpc) is 2.40. The first-order chi connectivity index (χ1) is 10.3. The molecule has 4 heteroatoms. The summed E-state index contributed by atoms with van der Waals surface area (Å²) in [5.74, 6) is 0.0154. The smallest absolute Gasteiger partial charge is 0.234 e. The molecule has 0 atom stereocenters. The van der Waals surface area contributed by atoms with Crippen LogP contribution in [0.1, 0.15) is 74.6 Å². The van der Waals surface area contributed by atoms with Crippen LogP contribution >= 0.6 is 0 Å². The number of hydrogen-bond acceptors (Lipinski definition) is 0. The highest BCUT2D eigenvalue weighted by atomic mass is 19.4. The number of aryl methyl sites for hydroxylation is 1. The molecule has 2 rings (SSSR count). The van der Waals surface area contributed by atoms with Crippen molar-refractivity contribution in [1.29, 1.82) is 0 Å². The van der Waals surface area contributed by atoms with Crippen LogP contribution in [0.2, 0.25) is 0 Å². The first-order valence-corrected chi connectivity index (χ1v) is 8.22. The summed E-state index contributed by atoms with van der Waals surface area (Å²) in [5.41, 5.74) is 1.64. The molecule has 1 aromatic carbocycles. The van der Waals surface area contributed by atoms with Crippen molar-refractivity contribution in [3.05, 3.63) is 34.4 Å². The maximum Gasteiger partial charge on any atom is 0.422 e. The molecule has 0 N–H and O–H groups in total. The summed E-state index contributed by atoms with van der Waals surface area (Å²) in [7, 11) is 0. The molecule has 1 aliphatic rings. The van der Waals surface area contributed by atoms with E-state index in [9.17, 15) is 17.6 Å². The summed E-state index contributed by atoms with van der Waals surface area (Å²) in [4.78, 5) is 0. The second-order valence-electron chi connectivity index (χ2n) is 8.00. The molecule has 1 aliphatic carbocycles. The second kappa shape index (κ2) is 5.78. The summed E-state index contributed by atoms with van der Waals surface area (Å²) < 4.78 is 52.5. The van der Waals surface area contributed by atoms with Gasteiger partial charge in [0.1, 0.15) is 0 Å². The lowest BCUT2D eigenvalue weighted by molar-refractivity contribution is -0.240. The monoisotopic (exact) mass is 330 g/mol. The Hall–Kier alpha value is -1.06. The molecule has 1 fully saturated rings. The summed E-state index contributed by atoms with van der Waals surface area (Å²) in [6.45, 7) is 10.5. The van der Waals surface area contributed by atoms with Gasteiger partial charge in [0.25, 0.3) is 0 Å². The SMILES string of the molecule is Cc1cc(C2CCC(F)(C(F)(F)F)CC2)cc(C(C)(C)C)c1C. The van der Waals surface area contributed by atoms with Crippen LogP contribution in [-0.2, 0) is 5.41 Å². The van der Waals surface area contributed by atoms with Crippen LogP contribution in [0, 0.1) is 13.8 Å². The van der Waals surface area contributed by atoms with Crippen LogP contribution in [0.15, 0.2) is 12.1 Å². The van der Waals surface area contributed by atoms with Gasteiger partial charge < -0.3 is 0 Å². The molecule has 0 aromatic heterocycles. The Bertz CT molecular complexity index is 570. The zero-order chi connectivity index (χ0) is 17.6. The largest absolute Gasteiger partial charge is 0.422 e. The first-order valence-electron chi connectivity index (χ1n) is 8.22. The van der Waals surface area contributed by atoms with Crippen LogP contribution in [0.4, 0.5) is 17.6 Å². The van der Waals surface area contributed by atoms with Crippen molar-refractivity contribution in [1.82, 2.24) is 0 Å². The molecule has 0 nitrogen and oxygen atoms in total. The molecule has 0 saturated heterocycles. The van der Waals surface area contributed by atoms with E-state index in [1.54, 1.807) is 0 Å². The van der Waals surface area contributed by atoms with E-state index in [0.29, 0.717) is 0 Å². The average molecular weight is 330 g/mol. The minimum absolute atomic E-state index is 0.0154. The molecule has 0 amide bonds. The molecule has 0 aliphatic heterocycles. The zero-order valence-corrected chi connectivity index (χ0v) is 14.6. The Morgan fingerprint density at radius 2 is 1.52 bits per heavy atom. The Balaban J connectivity index is 2.27. The third kappa shape index (κ3) is 3.56. The van der Waals surface area contributed by atoms with E-state index in [-0.39, 0.29) is 24.2 Å². The molecule has 1 saturated carbocycles. The van der Waals surface area contributed by atoms with Gasteiger partial charge in [0.15, 0.2) is 0 Å². The first kappa shape index (κ1) is 18.3. The van der Waals surface area contributed by atoms with E-state index < -0.39 is 24.7 Å². The minimum atomic E-state index is -4.75. The number of benzene rings is 1. The third-order valence-corrected chi connectivity index (χ3v) is 5.26. The summed E-state index contributed by atoms with van der Waals surface area (Å²) in [6.07, 6.45) is -5.11. The van der Waals surface area contributed by atoms with E-state index in [2.05, 4.69) is 39.8 Å². The molecular weight excluding hydrogens is 304 g/mol. The van der Waals surface area contributed by atoms with Crippen molar-refractivity contribution in [3.63, 3.8) is 0 Å². The van der Waals surface area contributed by atoms with Gasteiger partial charge in [0, 0.05) is 0 Å². The van der Waals surface area contributed by atoms with Crippen LogP contribution in [0.3, 0.4) is 0 Å². The van der Waals surface area contributed by atoms with Gasteiger partial charge in [-0.3, -0.25) is 0 Å². The highest BCUT2D eigenvalue weighted by Crippen LogP contribution is 2.48. The quantitative estimate of drug-likeness (QED) is 0.514. The lowest BCUT2D eigenvalue weighted by Gasteiger charge is -2.36.